The molecular formula is C13H27NS. The summed E-state index contributed by atoms with van der Waals surface area (Å²) in [7, 11) is 2.12. The van der Waals surface area contributed by atoms with E-state index >= 15 is 0 Å². The standard InChI is InChI=1S/C13H27NS/c1-10(2)7-8-15-13-9-11(3)5-6-12(13)14-4/h10-14H,5-9H2,1-4H3. The minimum absolute atomic E-state index is 0.762. The van der Waals surface area contributed by atoms with Gasteiger partial charge in [-0.2, -0.15) is 11.8 Å². The molecule has 0 aromatic rings. The van der Waals surface area contributed by atoms with E-state index in [0.717, 1.165) is 23.1 Å². The molecule has 1 saturated carbocycles. The van der Waals surface area contributed by atoms with Crippen molar-refractivity contribution in [3.63, 3.8) is 0 Å². The molecule has 0 aromatic carbocycles. The van der Waals surface area contributed by atoms with Crippen LogP contribution in [0.5, 0.6) is 0 Å². The third kappa shape index (κ3) is 4.78. The SMILES string of the molecule is CNC1CCC(C)CC1SCCC(C)C. The molecule has 15 heavy (non-hydrogen) atoms. The Balaban J connectivity index is 2.28. The maximum absolute atomic E-state index is 3.49. The predicted octanol–water partition coefficient (Wildman–Crippen LogP) is 3.54. The van der Waals surface area contributed by atoms with Crippen LogP contribution in [-0.4, -0.2) is 24.1 Å². The van der Waals surface area contributed by atoms with Gasteiger partial charge in [0.25, 0.3) is 0 Å². The second-order valence-electron chi connectivity index (χ2n) is 5.41. The van der Waals surface area contributed by atoms with Crippen LogP contribution < -0.4 is 5.32 Å². The minimum atomic E-state index is 0.762. The molecule has 1 fully saturated rings. The lowest BCUT2D eigenvalue weighted by molar-refractivity contribution is 0.329. The zero-order valence-corrected chi connectivity index (χ0v) is 11.6. The molecule has 0 bridgehead atoms. The number of nitrogens with one attached hydrogen (secondary N) is 1. The van der Waals surface area contributed by atoms with Gasteiger partial charge in [0, 0.05) is 11.3 Å². The van der Waals surface area contributed by atoms with E-state index in [1.54, 1.807) is 0 Å². The molecule has 3 unspecified atom stereocenters. The van der Waals surface area contributed by atoms with Gasteiger partial charge in [0.05, 0.1) is 0 Å². The third-order valence-electron chi connectivity index (χ3n) is 3.45. The first-order chi connectivity index (χ1) is 7.13. The van der Waals surface area contributed by atoms with Crippen molar-refractivity contribution < 1.29 is 0 Å². The molecule has 0 amide bonds. The molecule has 1 aliphatic rings. The van der Waals surface area contributed by atoms with Gasteiger partial charge in [0.1, 0.15) is 0 Å². The smallest absolute Gasteiger partial charge is 0.0203 e. The summed E-state index contributed by atoms with van der Waals surface area (Å²) in [6, 6.07) is 0.762. The summed E-state index contributed by atoms with van der Waals surface area (Å²) in [5, 5.41) is 4.35. The van der Waals surface area contributed by atoms with Crippen molar-refractivity contribution in [2.24, 2.45) is 11.8 Å². The summed E-state index contributed by atoms with van der Waals surface area (Å²) >= 11 is 2.20. The molecule has 1 nitrogen and oxygen atoms in total. The largest absolute Gasteiger partial charge is 0.316 e. The van der Waals surface area contributed by atoms with Gasteiger partial charge in [-0.25, -0.2) is 0 Å². The lowest BCUT2D eigenvalue weighted by Crippen LogP contribution is -2.40. The minimum Gasteiger partial charge on any atom is -0.316 e. The van der Waals surface area contributed by atoms with Crippen LogP contribution in [0.3, 0.4) is 0 Å². The van der Waals surface area contributed by atoms with Crippen LogP contribution in [0.4, 0.5) is 0 Å². The van der Waals surface area contributed by atoms with Crippen molar-refractivity contribution in [2.45, 2.75) is 57.7 Å². The van der Waals surface area contributed by atoms with E-state index in [-0.39, 0.29) is 0 Å². The summed E-state index contributed by atoms with van der Waals surface area (Å²) in [6.45, 7) is 7.04. The second kappa shape index (κ2) is 6.80. The number of hydrogen-bond acceptors (Lipinski definition) is 2. The molecule has 0 saturated heterocycles. The zero-order chi connectivity index (χ0) is 11.3. The van der Waals surface area contributed by atoms with Crippen molar-refractivity contribution in [1.82, 2.24) is 5.32 Å². The topological polar surface area (TPSA) is 12.0 Å². The van der Waals surface area contributed by atoms with Gasteiger partial charge in [0.2, 0.25) is 0 Å². The first-order valence-electron chi connectivity index (χ1n) is 6.42. The van der Waals surface area contributed by atoms with Crippen LogP contribution in [0, 0.1) is 11.8 Å². The fourth-order valence-corrected chi connectivity index (χ4v) is 4.18. The van der Waals surface area contributed by atoms with E-state index in [4.69, 9.17) is 0 Å². The zero-order valence-electron chi connectivity index (χ0n) is 10.8. The summed E-state index contributed by atoms with van der Waals surface area (Å²) < 4.78 is 0. The van der Waals surface area contributed by atoms with E-state index in [9.17, 15) is 0 Å². The first-order valence-corrected chi connectivity index (χ1v) is 7.47. The number of hydrogen-bond donors (Lipinski definition) is 1. The van der Waals surface area contributed by atoms with Crippen LogP contribution in [0.1, 0.15) is 46.5 Å². The summed E-state index contributed by atoms with van der Waals surface area (Å²) in [4.78, 5) is 0. The Morgan fingerprint density at radius 1 is 1.33 bits per heavy atom. The molecule has 1 rings (SSSR count). The number of rotatable bonds is 5. The Kier molecular flexibility index (Phi) is 6.06. The van der Waals surface area contributed by atoms with Crippen molar-refractivity contribution in [3.8, 4) is 0 Å². The monoisotopic (exact) mass is 229 g/mol. The normalized spacial score (nSPS) is 32.2. The van der Waals surface area contributed by atoms with E-state index in [1.165, 1.54) is 31.4 Å². The van der Waals surface area contributed by atoms with Gasteiger partial charge in [-0.05, 0) is 50.3 Å². The molecule has 2 heteroatoms. The van der Waals surface area contributed by atoms with Crippen molar-refractivity contribution >= 4 is 11.8 Å². The van der Waals surface area contributed by atoms with Crippen LogP contribution in [0.2, 0.25) is 0 Å². The molecular weight excluding hydrogens is 202 g/mol. The van der Waals surface area contributed by atoms with Crippen LogP contribution in [0.25, 0.3) is 0 Å². The van der Waals surface area contributed by atoms with Crippen LogP contribution in [0.15, 0.2) is 0 Å². The first kappa shape index (κ1) is 13.4. The van der Waals surface area contributed by atoms with Gasteiger partial charge >= 0.3 is 0 Å². The van der Waals surface area contributed by atoms with Crippen molar-refractivity contribution in [2.75, 3.05) is 12.8 Å². The van der Waals surface area contributed by atoms with Crippen LogP contribution in [-0.2, 0) is 0 Å². The van der Waals surface area contributed by atoms with E-state index in [1.807, 2.05) is 0 Å². The highest BCUT2D eigenvalue weighted by Crippen LogP contribution is 2.32. The Morgan fingerprint density at radius 3 is 2.67 bits per heavy atom. The highest BCUT2D eigenvalue weighted by atomic mass is 32.2. The molecule has 0 spiro atoms. The molecule has 1 aliphatic carbocycles. The highest BCUT2D eigenvalue weighted by Gasteiger charge is 2.27. The fourth-order valence-electron chi connectivity index (χ4n) is 2.30. The molecule has 0 aliphatic heterocycles. The van der Waals surface area contributed by atoms with Gasteiger partial charge in [-0.1, -0.05) is 20.8 Å². The lowest BCUT2D eigenvalue weighted by Gasteiger charge is -2.34. The Bertz CT molecular complexity index is 170. The van der Waals surface area contributed by atoms with E-state index in [2.05, 4.69) is 44.9 Å². The van der Waals surface area contributed by atoms with E-state index < -0.39 is 0 Å². The van der Waals surface area contributed by atoms with Crippen molar-refractivity contribution in [1.29, 1.82) is 0 Å². The van der Waals surface area contributed by atoms with Crippen molar-refractivity contribution in [3.05, 3.63) is 0 Å². The highest BCUT2D eigenvalue weighted by molar-refractivity contribution is 7.99. The van der Waals surface area contributed by atoms with E-state index in [0.29, 0.717) is 0 Å². The summed E-state index contributed by atoms with van der Waals surface area (Å²) in [6.07, 6.45) is 5.56. The second-order valence-corrected chi connectivity index (χ2v) is 6.75. The average Bonchev–Trinajstić information content (AvgIpc) is 2.17. The molecule has 0 radical (unpaired) electrons. The van der Waals surface area contributed by atoms with Gasteiger partial charge < -0.3 is 5.32 Å². The van der Waals surface area contributed by atoms with Gasteiger partial charge in [-0.15, -0.1) is 0 Å². The molecule has 90 valence electrons. The molecule has 0 heterocycles. The molecule has 3 atom stereocenters. The Morgan fingerprint density at radius 2 is 2.07 bits per heavy atom. The quantitative estimate of drug-likeness (QED) is 0.774. The Labute approximate surface area is 99.8 Å². The molecule has 1 N–H and O–H groups in total. The predicted molar refractivity (Wildman–Crippen MR) is 71.6 cm³/mol. The summed E-state index contributed by atoms with van der Waals surface area (Å²) in [5.74, 6) is 3.13. The maximum atomic E-state index is 3.49. The Hall–Kier alpha value is 0.310. The number of thioether (sulfide) groups is 1. The average molecular weight is 229 g/mol. The fraction of sp³-hybridized carbons (Fsp3) is 1.00. The lowest BCUT2D eigenvalue weighted by atomic mass is 9.87. The third-order valence-corrected chi connectivity index (χ3v) is 4.87. The van der Waals surface area contributed by atoms with Gasteiger partial charge in [0.15, 0.2) is 0 Å². The van der Waals surface area contributed by atoms with Gasteiger partial charge in [-0.3, -0.25) is 0 Å². The van der Waals surface area contributed by atoms with Crippen LogP contribution >= 0.6 is 11.8 Å². The maximum Gasteiger partial charge on any atom is 0.0203 e. The summed E-state index contributed by atoms with van der Waals surface area (Å²) in [5.41, 5.74) is 0. The molecule has 0 aromatic heterocycles.